The number of pyridine rings is 1. The van der Waals surface area contributed by atoms with Gasteiger partial charge >= 0.3 is 0 Å². The van der Waals surface area contributed by atoms with Crippen molar-refractivity contribution in [3.63, 3.8) is 0 Å². The maximum Gasteiger partial charge on any atom is 0.295 e. The molecular weight excluding hydrogens is 258 g/mol. The van der Waals surface area contributed by atoms with Crippen LogP contribution in [0.3, 0.4) is 0 Å². The monoisotopic (exact) mass is 273 g/mol. The molecule has 1 aliphatic rings. The van der Waals surface area contributed by atoms with Gasteiger partial charge in [0.05, 0.1) is 11.0 Å². The van der Waals surface area contributed by atoms with E-state index in [2.05, 4.69) is 10.3 Å². The van der Waals surface area contributed by atoms with Crippen molar-refractivity contribution in [1.29, 1.82) is 0 Å². The van der Waals surface area contributed by atoms with Crippen LogP contribution in [0.1, 0.15) is 12.8 Å². The number of anilines is 1. The first-order valence-corrected chi connectivity index (χ1v) is 6.50. The van der Waals surface area contributed by atoms with Crippen molar-refractivity contribution in [3.05, 3.63) is 40.6 Å². The van der Waals surface area contributed by atoms with Gasteiger partial charge in [0.15, 0.2) is 0 Å². The molecule has 0 radical (unpaired) electrons. The average Bonchev–Trinajstić information content (AvgIpc) is 2.41. The Bertz CT molecular complexity index is 653. The number of hydrogen-bond donors (Lipinski definition) is 1. The number of nitrogens with zero attached hydrogens (tertiary/aromatic N) is 2. The lowest BCUT2D eigenvalue weighted by atomic mass is 9.89. The molecule has 1 aromatic carbocycles. The number of aromatic nitrogens is 1. The zero-order valence-corrected chi connectivity index (χ0v) is 11.1. The molecule has 6 nitrogen and oxygen atoms in total. The fourth-order valence-electron chi connectivity index (χ4n) is 2.53. The fourth-order valence-corrected chi connectivity index (χ4v) is 2.53. The van der Waals surface area contributed by atoms with Crippen molar-refractivity contribution < 1.29 is 9.66 Å². The highest BCUT2D eigenvalue weighted by molar-refractivity contribution is 5.97. The number of ether oxygens (including phenoxy) is 1. The van der Waals surface area contributed by atoms with E-state index in [4.69, 9.17) is 4.74 Å². The number of benzene rings is 1. The van der Waals surface area contributed by atoms with E-state index >= 15 is 0 Å². The number of nitro benzene ring substituents is 1. The molecule has 1 heterocycles. The first-order valence-electron chi connectivity index (χ1n) is 6.50. The van der Waals surface area contributed by atoms with Crippen molar-refractivity contribution in [1.82, 2.24) is 4.98 Å². The first-order chi connectivity index (χ1) is 9.69. The highest BCUT2D eigenvalue weighted by atomic mass is 16.6. The van der Waals surface area contributed by atoms with Crippen LogP contribution in [0.25, 0.3) is 10.9 Å². The van der Waals surface area contributed by atoms with E-state index in [1.807, 2.05) is 6.07 Å². The summed E-state index contributed by atoms with van der Waals surface area (Å²) in [5.41, 5.74) is 1.35. The van der Waals surface area contributed by atoms with Gasteiger partial charge in [-0.1, -0.05) is 0 Å². The summed E-state index contributed by atoms with van der Waals surface area (Å²) in [6.45, 7) is 0. The summed E-state index contributed by atoms with van der Waals surface area (Å²) >= 11 is 0. The average molecular weight is 273 g/mol. The van der Waals surface area contributed by atoms with Crippen LogP contribution in [-0.4, -0.2) is 29.2 Å². The van der Waals surface area contributed by atoms with E-state index in [0.717, 1.165) is 23.9 Å². The van der Waals surface area contributed by atoms with Crippen molar-refractivity contribution in [2.24, 2.45) is 0 Å². The Balaban J connectivity index is 1.92. The minimum atomic E-state index is -0.399. The van der Waals surface area contributed by atoms with Gasteiger partial charge in [-0.2, -0.15) is 0 Å². The van der Waals surface area contributed by atoms with Crippen LogP contribution in [0.4, 0.5) is 11.4 Å². The molecule has 0 unspecified atom stereocenters. The molecule has 2 aromatic rings. The molecule has 1 fully saturated rings. The van der Waals surface area contributed by atoms with Crippen LogP contribution in [0.2, 0.25) is 0 Å². The van der Waals surface area contributed by atoms with Crippen LogP contribution < -0.4 is 5.32 Å². The van der Waals surface area contributed by atoms with Gasteiger partial charge in [0.25, 0.3) is 5.69 Å². The number of non-ortho nitro benzene ring substituents is 1. The summed E-state index contributed by atoms with van der Waals surface area (Å²) in [5.74, 6) is 0. The largest absolute Gasteiger partial charge is 0.382 e. The minimum Gasteiger partial charge on any atom is -0.382 e. The standard InChI is InChI=1S/C14H15N3O3/c1-20-10-7-9(8-10)16-12-4-5-13(17(18)19)14-11(12)3-2-6-15-14/h2-6,9-10,16H,7-8H2,1H3. The Morgan fingerprint density at radius 2 is 2.20 bits per heavy atom. The van der Waals surface area contributed by atoms with E-state index in [9.17, 15) is 10.1 Å². The lowest BCUT2D eigenvalue weighted by molar-refractivity contribution is -0.383. The predicted octanol–water partition coefficient (Wildman–Crippen LogP) is 2.73. The molecule has 6 heteroatoms. The lowest BCUT2D eigenvalue weighted by Crippen LogP contribution is -2.40. The van der Waals surface area contributed by atoms with Gasteiger partial charge in [0.2, 0.25) is 0 Å². The van der Waals surface area contributed by atoms with Crippen LogP contribution in [0, 0.1) is 10.1 Å². The fraction of sp³-hybridized carbons (Fsp3) is 0.357. The molecule has 0 spiro atoms. The van der Waals surface area contributed by atoms with Gasteiger partial charge in [0.1, 0.15) is 5.52 Å². The summed E-state index contributed by atoms with van der Waals surface area (Å²) in [6.07, 6.45) is 3.79. The predicted molar refractivity (Wildman–Crippen MR) is 75.8 cm³/mol. The second-order valence-corrected chi connectivity index (χ2v) is 4.96. The Kier molecular flexibility index (Phi) is 3.23. The summed E-state index contributed by atoms with van der Waals surface area (Å²) < 4.78 is 5.25. The second kappa shape index (κ2) is 5.05. The molecule has 1 aliphatic carbocycles. The Hall–Kier alpha value is -2.21. The van der Waals surface area contributed by atoms with Gasteiger partial charge in [-0.25, -0.2) is 4.98 Å². The Labute approximate surface area is 115 Å². The Morgan fingerprint density at radius 1 is 1.40 bits per heavy atom. The summed E-state index contributed by atoms with van der Waals surface area (Å²) in [6, 6.07) is 7.25. The van der Waals surface area contributed by atoms with Crippen LogP contribution >= 0.6 is 0 Å². The third-order valence-corrected chi connectivity index (χ3v) is 3.73. The number of nitrogens with one attached hydrogen (secondary N) is 1. The van der Waals surface area contributed by atoms with Gasteiger partial charge in [-0.15, -0.1) is 0 Å². The van der Waals surface area contributed by atoms with E-state index in [-0.39, 0.29) is 5.69 Å². The smallest absolute Gasteiger partial charge is 0.295 e. The number of rotatable bonds is 4. The zero-order valence-electron chi connectivity index (χ0n) is 11.1. The summed E-state index contributed by atoms with van der Waals surface area (Å²) in [4.78, 5) is 14.8. The highest BCUT2D eigenvalue weighted by Gasteiger charge is 2.29. The highest BCUT2D eigenvalue weighted by Crippen LogP contribution is 2.33. The molecular formula is C14H15N3O3. The maximum absolute atomic E-state index is 11.0. The van der Waals surface area contributed by atoms with Gasteiger partial charge in [0, 0.05) is 36.5 Å². The number of fused-ring (bicyclic) bond motifs is 1. The van der Waals surface area contributed by atoms with Gasteiger partial charge in [-0.05, 0) is 31.0 Å². The molecule has 0 bridgehead atoms. The molecule has 0 saturated heterocycles. The molecule has 1 N–H and O–H groups in total. The molecule has 20 heavy (non-hydrogen) atoms. The number of methoxy groups -OCH3 is 1. The van der Waals surface area contributed by atoms with Crippen LogP contribution in [0.15, 0.2) is 30.5 Å². The van der Waals surface area contributed by atoms with E-state index < -0.39 is 4.92 Å². The normalized spacial score (nSPS) is 21.4. The van der Waals surface area contributed by atoms with Gasteiger partial charge < -0.3 is 10.1 Å². The molecule has 0 aliphatic heterocycles. The van der Waals surface area contributed by atoms with Gasteiger partial charge in [-0.3, -0.25) is 10.1 Å². The lowest BCUT2D eigenvalue weighted by Gasteiger charge is -2.35. The van der Waals surface area contributed by atoms with Crippen LogP contribution in [-0.2, 0) is 4.74 Å². The third kappa shape index (κ3) is 2.18. The molecule has 3 rings (SSSR count). The van der Waals surface area contributed by atoms with Crippen molar-refractivity contribution in [2.75, 3.05) is 12.4 Å². The second-order valence-electron chi connectivity index (χ2n) is 4.96. The molecule has 104 valence electrons. The Morgan fingerprint density at radius 3 is 2.90 bits per heavy atom. The maximum atomic E-state index is 11.0. The minimum absolute atomic E-state index is 0.0366. The summed E-state index contributed by atoms with van der Waals surface area (Å²) in [5, 5.41) is 15.2. The number of hydrogen-bond acceptors (Lipinski definition) is 5. The molecule has 0 amide bonds. The zero-order chi connectivity index (χ0) is 14.1. The third-order valence-electron chi connectivity index (χ3n) is 3.73. The topological polar surface area (TPSA) is 77.3 Å². The number of nitro groups is 1. The van der Waals surface area contributed by atoms with Crippen LogP contribution in [0.5, 0.6) is 0 Å². The van der Waals surface area contributed by atoms with Crippen molar-refractivity contribution in [3.8, 4) is 0 Å². The van der Waals surface area contributed by atoms with Crippen molar-refractivity contribution in [2.45, 2.75) is 25.0 Å². The SMILES string of the molecule is COC1CC(Nc2ccc([N+](=O)[O-])c3ncccc23)C1. The molecule has 1 saturated carbocycles. The molecule has 1 aromatic heterocycles. The van der Waals surface area contributed by atoms with Crippen molar-refractivity contribution >= 4 is 22.3 Å². The van der Waals surface area contributed by atoms with E-state index in [0.29, 0.717) is 17.7 Å². The quantitative estimate of drug-likeness (QED) is 0.684. The summed E-state index contributed by atoms with van der Waals surface area (Å²) in [7, 11) is 1.71. The van der Waals surface area contributed by atoms with E-state index in [1.165, 1.54) is 6.07 Å². The van der Waals surface area contributed by atoms with E-state index in [1.54, 1.807) is 25.4 Å². The first kappa shape index (κ1) is 12.8. The molecule has 0 atom stereocenters.